The highest BCUT2D eigenvalue weighted by molar-refractivity contribution is 14.0. The number of guanidine groups is 1. The zero-order valence-electron chi connectivity index (χ0n) is 15.4. The number of hydrogen-bond donors (Lipinski definition) is 3. The molecule has 5 nitrogen and oxygen atoms in total. The van der Waals surface area contributed by atoms with Gasteiger partial charge < -0.3 is 16.4 Å². The van der Waals surface area contributed by atoms with E-state index in [0.29, 0.717) is 12.1 Å². The van der Waals surface area contributed by atoms with Crippen molar-refractivity contribution in [1.29, 1.82) is 0 Å². The molecule has 0 saturated heterocycles. The zero-order chi connectivity index (χ0) is 18.3. The molecule has 1 aromatic heterocycles. The molecule has 2 aromatic rings. The maximum absolute atomic E-state index is 11.1. The Morgan fingerprint density at radius 1 is 1.19 bits per heavy atom. The third-order valence-electron chi connectivity index (χ3n) is 3.89. The molecule has 0 unspecified atom stereocenters. The smallest absolute Gasteiger partial charge is 0.248 e. The van der Waals surface area contributed by atoms with Gasteiger partial charge in [-0.25, -0.2) is 4.99 Å². The standard InChI is InChI=1S/C19H26N4OS.HI/c1-4-21-18(23-13-19(2,3)16-6-5-11-25-16)22-12-14-7-9-15(10-8-14)17(20)24;/h5-11H,4,12-13H2,1-3H3,(H2,20,24)(H2,21,22,23);1H. The van der Waals surface area contributed by atoms with Gasteiger partial charge in [-0.3, -0.25) is 4.79 Å². The van der Waals surface area contributed by atoms with E-state index in [4.69, 9.17) is 5.73 Å². The lowest BCUT2D eigenvalue weighted by atomic mass is 9.91. The molecule has 0 fully saturated rings. The Kier molecular flexibility index (Phi) is 9.07. The van der Waals surface area contributed by atoms with Crippen LogP contribution in [0.3, 0.4) is 0 Å². The van der Waals surface area contributed by atoms with Crippen LogP contribution in [0.2, 0.25) is 0 Å². The van der Waals surface area contributed by atoms with Crippen LogP contribution in [0.4, 0.5) is 0 Å². The van der Waals surface area contributed by atoms with Crippen molar-refractivity contribution in [3.63, 3.8) is 0 Å². The Morgan fingerprint density at radius 2 is 1.88 bits per heavy atom. The number of carbonyl (C=O) groups excluding carboxylic acids is 1. The van der Waals surface area contributed by atoms with Crippen molar-refractivity contribution in [1.82, 2.24) is 10.6 Å². The SMILES string of the molecule is CCNC(=NCc1ccc(C(N)=O)cc1)NCC(C)(C)c1cccs1.I. The van der Waals surface area contributed by atoms with E-state index in [-0.39, 0.29) is 29.4 Å². The summed E-state index contributed by atoms with van der Waals surface area (Å²) in [6.45, 7) is 8.61. The van der Waals surface area contributed by atoms with Crippen molar-refractivity contribution in [2.45, 2.75) is 32.7 Å². The topological polar surface area (TPSA) is 79.5 Å². The normalized spacial score (nSPS) is 11.6. The quantitative estimate of drug-likeness (QED) is 0.319. The molecule has 0 aliphatic rings. The number of aliphatic imine (C=N–C) groups is 1. The lowest BCUT2D eigenvalue weighted by molar-refractivity contribution is 0.100. The summed E-state index contributed by atoms with van der Waals surface area (Å²) >= 11 is 1.77. The van der Waals surface area contributed by atoms with Gasteiger partial charge in [-0.2, -0.15) is 0 Å². The summed E-state index contributed by atoms with van der Waals surface area (Å²) in [4.78, 5) is 17.1. The summed E-state index contributed by atoms with van der Waals surface area (Å²) in [6.07, 6.45) is 0. The highest BCUT2D eigenvalue weighted by atomic mass is 127. The van der Waals surface area contributed by atoms with Gasteiger partial charge in [-0.15, -0.1) is 35.3 Å². The van der Waals surface area contributed by atoms with Crippen molar-refractivity contribution >= 4 is 47.2 Å². The number of benzene rings is 1. The highest BCUT2D eigenvalue weighted by Gasteiger charge is 2.21. The van der Waals surface area contributed by atoms with E-state index in [2.05, 4.69) is 47.0 Å². The molecule has 0 atom stereocenters. The van der Waals surface area contributed by atoms with E-state index in [1.807, 2.05) is 19.1 Å². The summed E-state index contributed by atoms with van der Waals surface area (Å²) in [6, 6.07) is 11.5. The van der Waals surface area contributed by atoms with Gasteiger partial charge >= 0.3 is 0 Å². The first kappa shape index (κ1) is 22.4. The molecule has 2 rings (SSSR count). The Bertz CT molecular complexity index is 712. The molecule has 26 heavy (non-hydrogen) atoms. The molecule has 1 aromatic carbocycles. The number of halogens is 1. The molecule has 142 valence electrons. The number of rotatable bonds is 7. The first-order valence-electron chi connectivity index (χ1n) is 8.37. The number of thiophene rings is 1. The Morgan fingerprint density at radius 3 is 2.42 bits per heavy atom. The van der Waals surface area contributed by atoms with Crippen LogP contribution in [0.15, 0.2) is 46.8 Å². The van der Waals surface area contributed by atoms with Gasteiger partial charge in [0.15, 0.2) is 5.96 Å². The van der Waals surface area contributed by atoms with Crippen LogP contribution in [0, 0.1) is 0 Å². The molecular formula is C19H27IN4OS. The fourth-order valence-electron chi connectivity index (χ4n) is 2.34. The fraction of sp³-hybridized carbons (Fsp3) is 0.368. The molecule has 1 amide bonds. The summed E-state index contributed by atoms with van der Waals surface area (Å²) in [5.74, 6) is 0.368. The first-order valence-corrected chi connectivity index (χ1v) is 9.25. The van der Waals surface area contributed by atoms with Gasteiger partial charge in [0.2, 0.25) is 5.91 Å². The van der Waals surface area contributed by atoms with Crippen LogP contribution < -0.4 is 16.4 Å². The number of nitrogens with zero attached hydrogens (tertiary/aromatic N) is 1. The number of amides is 1. The van der Waals surface area contributed by atoms with E-state index < -0.39 is 5.91 Å². The van der Waals surface area contributed by atoms with Crippen LogP contribution in [0.25, 0.3) is 0 Å². The maximum atomic E-state index is 11.1. The van der Waals surface area contributed by atoms with Crippen LogP contribution >= 0.6 is 35.3 Å². The molecule has 0 bridgehead atoms. The Labute approximate surface area is 176 Å². The largest absolute Gasteiger partial charge is 0.366 e. The van der Waals surface area contributed by atoms with E-state index in [1.54, 1.807) is 23.5 Å². The Balaban J connectivity index is 0.00000338. The molecule has 0 aliphatic heterocycles. The van der Waals surface area contributed by atoms with E-state index in [9.17, 15) is 4.79 Å². The fourth-order valence-corrected chi connectivity index (χ4v) is 3.19. The van der Waals surface area contributed by atoms with Gasteiger partial charge in [0.05, 0.1) is 6.54 Å². The van der Waals surface area contributed by atoms with Gasteiger partial charge in [0, 0.05) is 28.9 Å². The van der Waals surface area contributed by atoms with E-state index >= 15 is 0 Å². The van der Waals surface area contributed by atoms with Crippen molar-refractivity contribution in [3.8, 4) is 0 Å². The number of nitrogens with two attached hydrogens (primary N) is 1. The number of primary amides is 1. The average molecular weight is 486 g/mol. The summed E-state index contributed by atoms with van der Waals surface area (Å²) in [7, 11) is 0. The van der Waals surface area contributed by atoms with Crippen molar-refractivity contribution in [2.75, 3.05) is 13.1 Å². The third-order valence-corrected chi connectivity index (χ3v) is 5.12. The predicted molar refractivity (Wildman–Crippen MR) is 121 cm³/mol. The van der Waals surface area contributed by atoms with Crippen LogP contribution in [-0.2, 0) is 12.0 Å². The second-order valence-corrected chi connectivity index (χ2v) is 7.42. The van der Waals surface area contributed by atoms with Gasteiger partial charge in [0.1, 0.15) is 0 Å². The highest BCUT2D eigenvalue weighted by Crippen LogP contribution is 2.26. The molecule has 0 saturated carbocycles. The second kappa shape index (κ2) is 10.5. The first-order chi connectivity index (χ1) is 11.9. The van der Waals surface area contributed by atoms with Crippen LogP contribution in [-0.4, -0.2) is 25.0 Å². The molecular weight excluding hydrogens is 459 g/mol. The molecule has 4 N–H and O–H groups in total. The predicted octanol–water partition coefficient (Wildman–Crippen LogP) is 3.50. The van der Waals surface area contributed by atoms with Gasteiger partial charge in [-0.1, -0.05) is 32.0 Å². The summed E-state index contributed by atoms with van der Waals surface area (Å²) < 4.78 is 0. The molecule has 0 aliphatic carbocycles. The number of hydrogen-bond acceptors (Lipinski definition) is 3. The molecule has 0 radical (unpaired) electrons. The lowest BCUT2D eigenvalue weighted by Crippen LogP contribution is -2.43. The molecule has 7 heteroatoms. The third kappa shape index (κ3) is 6.60. The minimum atomic E-state index is -0.416. The Hall–Kier alpha value is -1.61. The van der Waals surface area contributed by atoms with Crippen LogP contribution in [0.1, 0.15) is 41.6 Å². The van der Waals surface area contributed by atoms with Gasteiger partial charge in [0.25, 0.3) is 0 Å². The molecule has 1 heterocycles. The van der Waals surface area contributed by atoms with Crippen molar-refractivity contribution in [2.24, 2.45) is 10.7 Å². The van der Waals surface area contributed by atoms with Gasteiger partial charge in [-0.05, 0) is 36.1 Å². The zero-order valence-corrected chi connectivity index (χ0v) is 18.6. The van der Waals surface area contributed by atoms with E-state index in [0.717, 1.165) is 24.6 Å². The minimum absolute atomic E-state index is 0. The number of carbonyl (C=O) groups is 1. The summed E-state index contributed by atoms with van der Waals surface area (Å²) in [5.41, 5.74) is 6.83. The summed E-state index contributed by atoms with van der Waals surface area (Å²) in [5, 5.41) is 8.79. The monoisotopic (exact) mass is 486 g/mol. The second-order valence-electron chi connectivity index (χ2n) is 6.47. The van der Waals surface area contributed by atoms with E-state index in [1.165, 1.54) is 4.88 Å². The van der Waals surface area contributed by atoms with Crippen molar-refractivity contribution < 1.29 is 4.79 Å². The average Bonchev–Trinajstić information content (AvgIpc) is 3.13. The van der Waals surface area contributed by atoms with Crippen molar-refractivity contribution in [3.05, 3.63) is 57.8 Å². The molecule has 0 spiro atoms. The minimum Gasteiger partial charge on any atom is -0.366 e. The number of nitrogens with one attached hydrogen (secondary N) is 2. The lowest BCUT2D eigenvalue weighted by Gasteiger charge is -2.25. The maximum Gasteiger partial charge on any atom is 0.248 e. The van der Waals surface area contributed by atoms with Crippen LogP contribution in [0.5, 0.6) is 0 Å².